The summed E-state index contributed by atoms with van der Waals surface area (Å²) in [5, 5.41) is 27.7. The predicted octanol–water partition coefficient (Wildman–Crippen LogP) is 7.83. The van der Waals surface area contributed by atoms with Crippen LogP contribution in [0.1, 0.15) is 16.0 Å². The first-order valence-corrected chi connectivity index (χ1v) is 11.4. The molecule has 1 heterocycles. The highest BCUT2D eigenvalue weighted by molar-refractivity contribution is 7.16. The first kappa shape index (κ1) is 22.6. The van der Waals surface area contributed by atoms with Crippen molar-refractivity contribution < 1.29 is 0 Å². The van der Waals surface area contributed by atoms with Gasteiger partial charge in [0.15, 0.2) is 0 Å². The van der Waals surface area contributed by atoms with Crippen LogP contribution in [0.2, 0.25) is 0 Å². The van der Waals surface area contributed by atoms with E-state index in [0.29, 0.717) is 4.88 Å². The van der Waals surface area contributed by atoms with Crippen molar-refractivity contribution in [2.75, 3.05) is 4.90 Å². The zero-order chi connectivity index (χ0) is 24.1. The Balaban J connectivity index is 1.71. The van der Waals surface area contributed by atoms with Gasteiger partial charge in [0.1, 0.15) is 23.8 Å². The third-order valence-electron chi connectivity index (χ3n) is 5.43. The Kier molecular flexibility index (Phi) is 6.56. The monoisotopic (exact) mass is 456 g/mol. The topological polar surface area (TPSA) is 74.6 Å². The number of allylic oxidation sites excluding steroid dienone is 2. The molecule has 162 valence electrons. The third-order valence-corrected chi connectivity index (χ3v) is 6.58. The predicted molar refractivity (Wildman–Crippen MR) is 138 cm³/mol. The van der Waals surface area contributed by atoms with Gasteiger partial charge in [-0.25, -0.2) is 0 Å². The van der Waals surface area contributed by atoms with E-state index >= 15 is 0 Å². The number of hydrogen-bond donors (Lipinski definition) is 0. The quantitative estimate of drug-likeness (QED) is 0.287. The molecule has 1 aromatic heterocycles. The van der Waals surface area contributed by atoms with Crippen molar-refractivity contribution in [3.8, 4) is 28.6 Å². The Hall–Kier alpha value is -4.63. The van der Waals surface area contributed by atoms with Crippen LogP contribution < -0.4 is 4.90 Å². The highest BCUT2D eigenvalue weighted by atomic mass is 32.1. The molecule has 0 N–H and O–H groups in total. The van der Waals surface area contributed by atoms with Gasteiger partial charge in [-0.05, 0) is 67.9 Å². The Morgan fingerprint density at radius 1 is 0.618 bits per heavy atom. The summed E-state index contributed by atoms with van der Waals surface area (Å²) in [6, 6.07) is 34.4. The highest BCUT2D eigenvalue weighted by Gasteiger charge is 2.15. The van der Waals surface area contributed by atoms with Crippen LogP contribution in [-0.2, 0) is 0 Å². The molecule has 0 radical (unpaired) electrons. The molecule has 0 atom stereocenters. The maximum Gasteiger partial charge on any atom is 0.148 e. The third kappa shape index (κ3) is 4.59. The fourth-order valence-electron chi connectivity index (χ4n) is 3.61. The number of thiophene rings is 1. The molecule has 0 unspecified atom stereocenters. The summed E-state index contributed by atoms with van der Waals surface area (Å²) >= 11 is 1.39. The summed E-state index contributed by atoms with van der Waals surface area (Å²) < 4.78 is 0. The lowest BCUT2D eigenvalue weighted by Gasteiger charge is -2.26. The van der Waals surface area contributed by atoms with Gasteiger partial charge in [-0.1, -0.05) is 47.5 Å². The van der Waals surface area contributed by atoms with E-state index in [1.165, 1.54) is 22.5 Å². The molecule has 0 bridgehead atoms. The van der Waals surface area contributed by atoms with Crippen molar-refractivity contribution in [2.45, 2.75) is 13.8 Å². The number of benzene rings is 3. The fraction of sp³-hybridized carbons (Fsp3) is 0.0690. The second kappa shape index (κ2) is 9.88. The summed E-state index contributed by atoms with van der Waals surface area (Å²) in [5.74, 6) is 0. The van der Waals surface area contributed by atoms with E-state index in [-0.39, 0.29) is 11.1 Å². The van der Waals surface area contributed by atoms with Crippen LogP contribution in [0.4, 0.5) is 17.1 Å². The zero-order valence-electron chi connectivity index (χ0n) is 18.8. The highest BCUT2D eigenvalue weighted by Crippen LogP contribution is 2.37. The van der Waals surface area contributed by atoms with Crippen molar-refractivity contribution in [1.82, 2.24) is 0 Å². The molecule has 0 saturated carbocycles. The number of nitrogens with zero attached hydrogens (tertiary/aromatic N) is 4. The van der Waals surface area contributed by atoms with E-state index in [9.17, 15) is 5.26 Å². The van der Waals surface area contributed by atoms with Gasteiger partial charge in [0.25, 0.3) is 0 Å². The molecule has 0 fully saturated rings. The van der Waals surface area contributed by atoms with E-state index in [1.54, 1.807) is 18.2 Å². The van der Waals surface area contributed by atoms with Crippen LogP contribution >= 0.6 is 11.3 Å². The summed E-state index contributed by atoms with van der Waals surface area (Å²) in [6.45, 7) is 4.15. The second-order valence-electron chi connectivity index (χ2n) is 7.80. The van der Waals surface area contributed by atoms with Gasteiger partial charge in [0, 0.05) is 26.8 Å². The summed E-state index contributed by atoms with van der Waals surface area (Å²) in [6.07, 6.45) is 0. The molecule has 3 aromatic carbocycles. The first-order valence-electron chi connectivity index (χ1n) is 10.6. The van der Waals surface area contributed by atoms with E-state index in [2.05, 4.69) is 79.4 Å². The molecule has 4 rings (SSSR count). The van der Waals surface area contributed by atoms with E-state index in [4.69, 9.17) is 10.5 Å². The molecule has 0 aliphatic rings. The second-order valence-corrected chi connectivity index (χ2v) is 8.89. The van der Waals surface area contributed by atoms with E-state index < -0.39 is 0 Å². The Morgan fingerprint density at radius 2 is 1.09 bits per heavy atom. The van der Waals surface area contributed by atoms with Gasteiger partial charge < -0.3 is 4.90 Å². The van der Waals surface area contributed by atoms with Gasteiger partial charge in [-0.3, -0.25) is 0 Å². The lowest BCUT2D eigenvalue weighted by molar-refractivity contribution is 1.27. The molecule has 0 saturated heterocycles. The molecule has 34 heavy (non-hydrogen) atoms. The Morgan fingerprint density at radius 3 is 1.53 bits per heavy atom. The largest absolute Gasteiger partial charge is 0.311 e. The number of aryl methyl sites for hydroxylation is 2. The van der Waals surface area contributed by atoms with Crippen molar-refractivity contribution in [1.29, 1.82) is 15.8 Å². The maximum atomic E-state index is 9.43. The molecular formula is C29H20N4S. The van der Waals surface area contributed by atoms with Crippen LogP contribution in [-0.4, -0.2) is 0 Å². The van der Waals surface area contributed by atoms with Crippen molar-refractivity contribution in [2.24, 2.45) is 0 Å². The van der Waals surface area contributed by atoms with Gasteiger partial charge >= 0.3 is 0 Å². The molecular weight excluding hydrogens is 436 g/mol. The Labute approximate surface area is 203 Å². The molecule has 4 aromatic rings. The average molecular weight is 457 g/mol. The number of anilines is 3. The molecule has 5 heteroatoms. The minimum atomic E-state index is -0.168. The van der Waals surface area contributed by atoms with Crippen molar-refractivity contribution in [3.05, 3.63) is 107 Å². The summed E-state index contributed by atoms with van der Waals surface area (Å²) in [5.41, 5.74) is 6.54. The molecule has 0 aliphatic carbocycles. The number of nitriles is 3. The lowest BCUT2D eigenvalue weighted by Crippen LogP contribution is -2.09. The molecule has 4 nitrogen and oxygen atoms in total. The molecule has 0 amide bonds. The average Bonchev–Trinajstić information content (AvgIpc) is 3.35. The first-order chi connectivity index (χ1) is 16.5. The molecule has 0 spiro atoms. The summed E-state index contributed by atoms with van der Waals surface area (Å²) in [7, 11) is 0. The standard InChI is InChI=1S/C29H20N4S/c1-20-3-9-24(10-4-20)33(25-11-5-21(2)6-12-25)26-13-7-22(8-14-26)28-15-16-29(34-28)27(19-32)23(17-30)18-31/h3-16H,1-2H3. The Bertz CT molecular complexity index is 1410. The van der Waals surface area contributed by atoms with Crippen LogP contribution in [0.25, 0.3) is 16.0 Å². The lowest BCUT2D eigenvalue weighted by atomic mass is 10.1. The van der Waals surface area contributed by atoms with E-state index in [0.717, 1.165) is 27.5 Å². The smallest absolute Gasteiger partial charge is 0.148 e. The van der Waals surface area contributed by atoms with Crippen molar-refractivity contribution in [3.63, 3.8) is 0 Å². The van der Waals surface area contributed by atoms with Crippen LogP contribution in [0.3, 0.4) is 0 Å². The van der Waals surface area contributed by atoms with Crippen LogP contribution in [0.5, 0.6) is 0 Å². The van der Waals surface area contributed by atoms with Gasteiger partial charge in [-0.15, -0.1) is 11.3 Å². The SMILES string of the molecule is Cc1ccc(N(c2ccc(C)cc2)c2ccc(-c3ccc(C(C#N)=C(C#N)C#N)s3)cc2)cc1. The van der Waals surface area contributed by atoms with Gasteiger partial charge in [-0.2, -0.15) is 15.8 Å². The zero-order valence-corrected chi connectivity index (χ0v) is 19.6. The van der Waals surface area contributed by atoms with E-state index in [1.807, 2.05) is 24.3 Å². The minimum absolute atomic E-state index is 0.114. The fourth-order valence-corrected chi connectivity index (χ4v) is 4.62. The number of hydrogen-bond acceptors (Lipinski definition) is 5. The van der Waals surface area contributed by atoms with Gasteiger partial charge in [0.05, 0.1) is 5.57 Å². The van der Waals surface area contributed by atoms with Crippen molar-refractivity contribution >= 4 is 34.0 Å². The van der Waals surface area contributed by atoms with Gasteiger partial charge in [0.2, 0.25) is 0 Å². The minimum Gasteiger partial charge on any atom is -0.311 e. The van der Waals surface area contributed by atoms with Crippen LogP contribution in [0, 0.1) is 47.8 Å². The van der Waals surface area contributed by atoms with Crippen LogP contribution in [0.15, 0.2) is 90.5 Å². The normalized spacial score (nSPS) is 9.97. The summed E-state index contributed by atoms with van der Waals surface area (Å²) in [4.78, 5) is 3.79. The number of rotatable bonds is 5. The molecule has 0 aliphatic heterocycles. The maximum absolute atomic E-state index is 9.43.